The van der Waals surface area contributed by atoms with Crippen LogP contribution in [0.2, 0.25) is 0 Å². The second-order valence-corrected chi connectivity index (χ2v) is 15.5. The molecule has 0 amide bonds. The van der Waals surface area contributed by atoms with Gasteiger partial charge in [0.1, 0.15) is 11.2 Å². The zero-order valence-corrected chi connectivity index (χ0v) is 31.0. The Bertz CT molecular complexity index is 3500. The monoisotopic (exact) mass is 732 g/mol. The van der Waals surface area contributed by atoms with E-state index in [4.69, 9.17) is 4.42 Å². The largest absolute Gasteiger partial charge is 0.456 e. The van der Waals surface area contributed by atoms with E-state index in [1.54, 1.807) is 0 Å². The van der Waals surface area contributed by atoms with Crippen LogP contribution in [0.5, 0.6) is 0 Å². The molecule has 12 rings (SSSR count). The fourth-order valence-corrected chi connectivity index (χ4v) is 10.1. The van der Waals surface area contributed by atoms with Gasteiger partial charge in [-0.3, -0.25) is 0 Å². The van der Waals surface area contributed by atoms with Crippen LogP contribution < -0.4 is 4.90 Å². The van der Waals surface area contributed by atoms with Crippen molar-refractivity contribution < 1.29 is 4.42 Å². The zero-order valence-electron chi connectivity index (χ0n) is 30.2. The number of hydrogen-bond acceptors (Lipinski definition) is 3. The predicted molar refractivity (Wildman–Crippen MR) is 239 cm³/mol. The second kappa shape index (κ2) is 12.2. The molecular formula is C52H32N2OS. The molecule has 0 aliphatic heterocycles. The lowest BCUT2D eigenvalue weighted by Gasteiger charge is -2.28. The Morgan fingerprint density at radius 3 is 1.98 bits per heavy atom. The average Bonchev–Trinajstić information content (AvgIpc) is 3.93. The molecule has 9 aromatic carbocycles. The summed E-state index contributed by atoms with van der Waals surface area (Å²) in [4.78, 5) is 2.48. The number of para-hydroxylation sites is 3. The number of anilines is 3. The molecule has 3 aromatic heterocycles. The van der Waals surface area contributed by atoms with Gasteiger partial charge in [-0.2, -0.15) is 0 Å². The molecule has 3 nitrogen and oxygen atoms in total. The lowest BCUT2D eigenvalue weighted by molar-refractivity contribution is 0.669. The molecule has 3 heterocycles. The molecule has 0 saturated carbocycles. The number of benzene rings is 9. The molecule has 4 heteroatoms. The van der Waals surface area contributed by atoms with Crippen molar-refractivity contribution in [3.8, 4) is 16.8 Å². The first-order valence-corrected chi connectivity index (χ1v) is 19.8. The van der Waals surface area contributed by atoms with Gasteiger partial charge in [-0.1, -0.05) is 127 Å². The summed E-state index contributed by atoms with van der Waals surface area (Å²) in [5, 5.41) is 9.68. The Kier molecular flexibility index (Phi) is 6.80. The fourth-order valence-electron chi connectivity index (χ4n) is 8.89. The highest BCUT2D eigenvalue weighted by molar-refractivity contribution is 7.26. The first kappa shape index (κ1) is 31.2. The van der Waals surface area contributed by atoms with E-state index in [-0.39, 0.29) is 0 Å². The minimum Gasteiger partial charge on any atom is -0.456 e. The summed E-state index contributed by atoms with van der Waals surface area (Å²) in [6.45, 7) is 0. The predicted octanol–water partition coefficient (Wildman–Crippen LogP) is 15.3. The van der Waals surface area contributed by atoms with Gasteiger partial charge in [-0.15, -0.1) is 11.3 Å². The lowest BCUT2D eigenvalue weighted by atomic mass is 9.95. The minimum atomic E-state index is 0.900. The lowest BCUT2D eigenvalue weighted by Crippen LogP contribution is -2.11. The van der Waals surface area contributed by atoms with Crippen LogP contribution in [0.15, 0.2) is 199 Å². The van der Waals surface area contributed by atoms with Crippen molar-refractivity contribution in [3.63, 3.8) is 0 Å². The van der Waals surface area contributed by atoms with Crippen LogP contribution in [0, 0.1) is 0 Å². The third kappa shape index (κ3) is 4.63. The highest BCUT2D eigenvalue weighted by Gasteiger charge is 2.23. The number of hydrogen-bond donors (Lipinski definition) is 0. The number of thiophene rings is 1. The third-order valence-electron chi connectivity index (χ3n) is 11.4. The molecule has 0 spiro atoms. The Labute approximate surface area is 326 Å². The zero-order chi connectivity index (χ0) is 36.7. The molecule has 0 N–H and O–H groups in total. The number of fused-ring (bicyclic) bond motifs is 10. The van der Waals surface area contributed by atoms with Crippen LogP contribution in [0.1, 0.15) is 0 Å². The summed E-state index contributed by atoms with van der Waals surface area (Å²) in [5.74, 6) is 0. The van der Waals surface area contributed by atoms with Gasteiger partial charge in [0, 0.05) is 53.8 Å². The minimum absolute atomic E-state index is 0.900. The van der Waals surface area contributed by atoms with Gasteiger partial charge >= 0.3 is 0 Å². The average molecular weight is 733 g/mol. The first-order valence-electron chi connectivity index (χ1n) is 19.0. The molecule has 0 bridgehead atoms. The highest BCUT2D eigenvalue weighted by Crippen LogP contribution is 2.48. The first-order chi connectivity index (χ1) is 27.8. The standard InChI is InChI=1S/C52H32N2OS/c1-2-13-34(14-3-1)53-45-21-9-6-17-39(45)40-28-26-35(32-48(40)53)54(47-22-12-20-44-43-19-8-11-24-51(43)56-52(44)47)46-30-29-36(37-15-4-5-16-38(37)46)33-25-27-42-41-18-7-10-23-49(41)55-50(42)31-33/h1-32H. The van der Waals surface area contributed by atoms with Crippen molar-refractivity contribution >= 4 is 103 Å². The molecular weight excluding hydrogens is 701 g/mol. The van der Waals surface area contributed by atoms with Crippen molar-refractivity contribution in [3.05, 3.63) is 194 Å². The quantitative estimate of drug-likeness (QED) is 0.176. The van der Waals surface area contributed by atoms with E-state index in [0.717, 1.165) is 50.3 Å². The molecule has 0 saturated heterocycles. The Morgan fingerprint density at radius 2 is 1.09 bits per heavy atom. The van der Waals surface area contributed by atoms with E-state index in [1.165, 1.54) is 58.3 Å². The van der Waals surface area contributed by atoms with Gasteiger partial charge in [0.25, 0.3) is 0 Å². The molecule has 0 unspecified atom stereocenters. The Morgan fingerprint density at radius 1 is 0.411 bits per heavy atom. The van der Waals surface area contributed by atoms with Gasteiger partial charge in [-0.05, 0) is 83.2 Å². The molecule has 262 valence electrons. The summed E-state index contributed by atoms with van der Waals surface area (Å²) < 4.78 is 11.3. The van der Waals surface area contributed by atoms with Crippen molar-refractivity contribution in [1.82, 2.24) is 4.57 Å². The third-order valence-corrected chi connectivity index (χ3v) is 12.6. The van der Waals surface area contributed by atoms with Crippen molar-refractivity contribution in [1.29, 1.82) is 0 Å². The van der Waals surface area contributed by atoms with Gasteiger partial charge in [-0.25, -0.2) is 0 Å². The van der Waals surface area contributed by atoms with E-state index in [9.17, 15) is 0 Å². The number of rotatable bonds is 5. The van der Waals surface area contributed by atoms with Crippen LogP contribution in [0.3, 0.4) is 0 Å². The maximum Gasteiger partial charge on any atom is 0.136 e. The smallest absolute Gasteiger partial charge is 0.136 e. The molecule has 0 fully saturated rings. The highest BCUT2D eigenvalue weighted by atomic mass is 32.1. The van der Waals surface area contributed by atoms with Gasteiger partial charge in [0.05, 0.1) is 27.1 Å². The summed E-state index contributed by atoms with van der Waals surface area (Å²) >= 11 is 1.86. The van der Waals surface area contributed by atoms with Gasteiger partial charge < -0.3 is 13.9 Å². The summed E-state index contributed by atoms with van der Waals surface area (Å²) in [5.41, 5.74) is 11.0. The maximum atomic E-state index is 6.36. The topological polar surface area (TPSA) is 21.3 Å². The summed E-state index contributed by atoms with van der Waals surface area (Å²) in [6.07, 6.45) is 0. The van der Waals surface area contributed by atoms with Crippen molar-refractivity contribution in [2.24, 2.45) is 0 Å². The summed E-state index contributed by atoms with van der Waals surface area (Å²) in [7, 11) is 0. The number of furan rings is 1. The normalized spacial score (nSPS) is 11.9. The van der Waals surface area contributed by atoms with E-state index in [0.29, 0.717) is 0 Å². The van der Waals surface area contributed by atoms with E-state index >= 15 is 0 Å². The van der Waals surface area contributed by atoms with Crippen LogP contribution in [0.25, 0.3) is 91.5 Å². The van der Waals surface area contributed by atoms with Gasteiger partial charge in [0.15, 0.2) is 0 Å². The van der Waals surface area contributed by atoms with Crippen molar-refractivity contribution in [2.75, 3.05) is 4.90 Å². The van der Waals surface area contributed by atoms with Crippen LogP contribution >= 0.6 is 11.3 Å². The van der Waals surface area contributed by atoms with Crippen LogP contribution in [0.4, 0.5) is 17.1 Å². The Balaban J connectivity index is 1.13. The Hall–Kier alpha value is -7.14. The van der Waals surface area contributed by atoms with E-state index in [1.807, 2.05) is 23.5 Å². The SMILES string of the molecule is c1ccc(-n2c3ccccc3c3ccc(N(c4ccc(-c5ccc6c(c5)oc5ccccc56)c5ccccc45)c4cccc5c4sc4ccccc45)cc32)cc1. The van der Waals surface area contributed by atoms with E-state index < -0.39 is 0 Å². The number of nitrogens with zero attached hydrogens (tertiary/aromatic N) is 2. The van der Waals surface area contributed by atoms with E-state index in [2.05, 4.69) is 191 Å². The molecule has 56 heavy (non-hydrogen) atoms. The molecule has 0 radical (unpaired) electrons. The van der Waals surface area contributed by atoms with Crippen molar-refractivity contribution in [2.45, 2.75) is 0 Å². The molecule has 0 atom stereocenters. The molecule has 12 aromatic rings. The van der Waals surface area contributed by atoms with Crippen LogP contribution in [-0.4, -0.2) is 4.57 Å². The summed E-state index contributed by atoms with van der Waals surface area (Å²) in [6, 6.07) is 70.3. The second-order valence-electron chi connectivity index (χ2n) is 14.5. The maximum absolute atomic E-state index is 6.36. The van der Waals surface area contributed by atoms with Gasteiger partial charge in [0.2, 0.25) is 0 Å². The number of aromatic nitrogens is 1. The molecule has 0 aliphatic carbocycles. The fraction of sp³-hybridized carbons (Fsp3) is 0. The van der Waals surface area contributed by atoms with Crippen LogP contribution in [-0.2, 0) is 0 Å². The molecule has 0 aliphatic rings.